The summed E-state index contributed by atoms with van der Waals surface area (Å²) in [5.74, 6) is 0.375. The van der Waals surface area contributed by atoms with Gasteiger partial charge in [0, 0.05) is 19.2 Å². The summed E-state index contributed by atoms with van der Waals surface area (Å²) in [6.45, 7) is 4.39. The zero-order valence-corrected chi connectivity index (χ0v) is 11.1. The molecule has 106 valence electrons. The number of aliphatic hydroxyl groups is 1. The van der Waals surface area contributed by atoms with Crippen LogP contribution in [0.15, 0.2) is 6.33 Å². The van der Waals surface area contributed by atoms with Crippen LogP contribution >= 0.6 is 0 Å². The Labute approximate surface area is 111 Å². The van der Waals surface area contributed by atoms with E-state index in [9.17, 15) is 10.1 Å². The molecule has 1 heterocycles. The van der Waals surface area contributed by atoms with Crippen LogP contribution in [0.1, 0.15) is 26.7 Å². The minimum Gasteiger partial charge on any atom is -0.396 e. The third-order valence-electron chi connectivity index (χ3n) is 2.49. The number of nitro groups is 1. The van der Waals surface area contributed by atoms with Gasteiger partial charge in [-0.15, -0.1) is 0 Å². The predicted octanol–water partition coefficient (Wildman–Crippen LogP) is 1.39. The van der Waals surface area contributed by atoms with Gasteiger partial charge in [0.25, 0.3) is 0 Å². The summed E-state index contributed by atoms with van der Waals surface area (Å²) in [6.07, 6.45) is 2.60. The molecule has 0 saturated heterocycles. The Kier molecular flexibility index (Phi) is 5.94. The van der Waals surface area contributed by atoms with E-state index in [2.05, 4.69) is 20.6 Å². The largest absolute Gasteiger partial charge is 0.396 e. The molecule has 1 rings (SSSR count). The quantitative estimate of drug-likeness (QED) is 0.482. The summed E-state index contributed by atoms with van der Waals surface area (Å²) in [4.78, 5) is 18.4. The van der Waals surface area contributed by atoms with E-state index in [0.717, 1.165) is 6.42 Å². The SMILES string of the molecule is CCCNc1ncnc(NC(C)CCO)c1[N+](=O)[O-]. The van der Waals surface area contributed by atoms with Crippen LogP contribution in [0.4, 0.5) is 17.3 Å². The van der Waals surface area contributed by atoms with E-state index in [-0.39, 0.29) is 30.0 Å². The lowest BCUT2D eigenvalue weighted by atomic mass is 10.2. The van der Waals surface area contributed by atoms with E-state index in [1.165, 1.54) is 6.33 Å². The van der Waals surface area contributed by atoms with Crippen LogP contribution < -0.4 is 10.6 Å². The second-order valence-corrected chi connectivity index (χ2v) is 4.16. The third kappa shape index (κ3) is 4.32. The highest BCUT2D eigenvalue weighted by Crippen LogP contribution is 2.29. The van der Waals surface area contributed by atoms with Crippen LogP contribution in [0.2, 0.25) is 0 Å². The summed E-state index contributed by atoms with van der Waals surface area (Å²) in [6, 6.07) is -0.113. The van der Waals surface area contributed by atoms with Gasteiger partial charge in [-0.25, -0.2) is 9.97 Å². The maximum atomic E-state index is 11.1. The van der Waals surface area contributed by atoms with E-state index in [1.807, 2.05) is 13.8 Å². The molecule has 1 unspecified atom stereocenters. The summed E-state index contributed by atoms with van der Waals surface area (Å²) < 4.78 is 0. The number of aromatic nitrogens is 2. The fourth-order valence-electron chi connectivity index (χ4n) is 1.53. The van der Waals surface area contributed by atoms with Crippen molar-refractivity contribution in [2.45, 2.75) is 32.7 Å². The minimum atomic E-state index is -0.508. The molecule has 8 nitrogen and oxygen atoms in total. The van der Waals surface area contributed by atoms with Crippen LogP contribution in [-0.2, 0) is 0 Å². The van der Waals surface area contributed by atoms with Crippen molar-refractivity contribution in [2.75, 3.05) is 23.8 Å². The van der Waals surface area contributed by atoms with Crippen LogP contribution in [0.25, 0.3) is 0 Å². The van der Waals surface area contributed by atoms with Gasteiger partial charge in [-0.05, 0) is 19.8 Å². The van der Waals surface area contributed by atoms with Gasteiger partial charge in [0.05, 0.1) is 4.92 Å². The van der Waals surface area contributed by atoms with Gasteiger partial charge in [0.1, 0.15) is 6.33 Å². The fraction of sp³-hybridized carbons (Fsp3) is 0.636. The predicted molar refractivity (Wildman–Crippen MR) is 72.3 cm³/mol. The molecule has 0 amide bonds. The standard InChI is InChI=1S/C11H19N5O3/c1-3-5-12-10-9(16(18)19)11(14-7-13-10)15-8(2)4-6-17/h7-8,17H,3-6H2,1-2H3,(H2,12,13,14,15). The smallest absolute Gasteiger partial charge is 0.353 e. The van der Waals surface area contributed by atoms with E-state index < -0.39 is 4.92 Å². The molecule has 1 aromatic rings. The summed E-state index contributed by atoms with van der Waals surface area (Å²) in [7, 11) is 0. The molecular formula is C11H19N5O3. The number of anilines is 2. The molecule has 0 fully saturated rings. The first kappa shape index (κ1) is 15.1. The fourth-order valence-corrected chi connectivity index (χ4v) is 1.53. The Bertz CT molecular complexity index is 427. The normalized spacial score (nSPS) is 11.9. The number of nitrogens with zero attached hydrogens (tertiary/aromatic N) is 3. The van der Waals surface area contributed by atoms with Crippen molar-refractivity contribution in [2.24, 2.45) is 0 Å². The van der Waals surface area contributed by atoms with Crippen LogP contribution in [0.5, 0.6) is 0 Å². The Hall–Kier alpha value is -1.96. The second-order valence-electron chi connectivity index (χ2n) is 4.16. The number of nitrogens with one attached hydrogen (secondary N) is 2. The van der Waals surface area contributed by atoms with Crippen molar-refractivity contribution in [1.82, 2.24) is 9.97 Å². The summed E-state index contributed by atoms with van der Waals surface area (Å²) in [5, 5.41) is 25.8. The van der Waals surface area contributed by atoms with Crippen LogP contribution in [0.3, 0.4) is 0 Å². The Morgan fingerprint density at radius 2 is 2.16 bits per heavy atom. The molecular weight excluding hydrogens is 250 g/mol. The zero-order valence-electron chi connectivity index (χ0n) is 11.1. The Morgan fingerprint density at radius 3 is 2.74 bits per heavy atom. The van der Waals surface area contributed by atoms with Gasteiger partial charge < -0.3 is 15.7 Å². The lowest BCUT2D eigenvalue weighted by Gasteiger charge is -2.14. The average molecular weight is 269 g/mol. The van der Waals surface area contributed by atoms with Crippen molar-refractivity contribution >= 4 is 17.3 Å². The molecule has 3 N–H and O–H groups in total. The van der Waals surface area contributed by atoms with Crippen molar-refractivity contribution in [3.05, 3.63) is 16.4 Å². The molecule has 8 heteroatoms. The first-order valence-electron chi connectivity index (χ1n) is 6.20. The van der Waals surface area contributed by atoms with Gasteiger partial charge in [-0.1, -0.05) is 6.92 Å². The highest BCUT2D eigenvalue weighted by molar-refractivity contribution is 5.69. The zero-order chi connectivity index (χ0) is 14.3. The molecule has 0 spiro atoms. The van der Waals surface area contributed by atoms with Crippen LogP contribution in [-0.4, -0.2) is 39.2 Å². The van der Waals surface area contributed by atoms with Crippen LogP contribution in [0, 0.1) is 10.1 Å². The number of hydrogen-bond acceptors (Lipinski definition) is 7. The van der Waals surface area contributed by atoms with Crippen molar-refractivity contribution in [3.8, 4) is 0 Å². The third-order valence-corrected chi connectivity index (χ3v) is 2.49. The lowest BCUT2D eigenvalue weighted by Crippen LogP contribution is -2.19. The molecule has 0 radical (unpaired) electrons. The van der Waals surface area contributed by atoms with E-state index in [0.29, 0.717) is 13.0 Å². The molecule has 0 aliphatic rings. The summed E-state index contributed by atoms with van der Waals surface area (Å²) >= 11 is 0. The van der Waals surface area contributed by atoms with Crippen molar-refractivity contribution in [3.63, 3.8) is 0 Å². The molecule has 0 aliphatic carbocycles. The van der Waals surface area contributed by atoms with Gasteiger partial charge in [0.2, 0.25) is 11.6 Å². The highest BCUT2D eigenvalue weighted by Gasteiger charge is 2.23. The van der Waals surface area contributed by atoms with E-state index >= 15 is 0 Å². The Balaban J connectivity index is 2.99. The van der Waals surface area contributed by atoms with Gasteiger partial charge in [-0.3, -0.25) is 10.1 Å². The maximum Gasteiger partial charge on any atom is 0.353 e. The number of aliphatic hydroxyl groups excluding tert-OH is 1. The number of hydrogen-bond donors (Lipinski definition) is 3. The molecule has 0 aromatic carbocycles. The molecule has 0 bridgehead atoms. The van der Waals surface area contributed by atoms with E-state index in [1.54, 1.807) is 0 Å². The van der Waals surface area contributed by atoms with Gasteiger partial charge >= 0.3 is 5.69 Å². The molecule has 1 atom stereocenters. The molecule has 19 heavy (non-hydrogen) atoms. The molecule has 1 aromatic heterocycles. The Morgan fingerprint density at radius 1 is 1.47 bits per heavy atom. The first-order valence-corrected chi connectivity index (χ1v) is 6.20. The maximum absolute atomic E-state index is 11.1. The van der Waals surface area contributed by atoms with Gasteiger partial charge in [0.15, 0.2) is 0 Å². The molecule has 0 aliphatic heterocycles. The first-order chi connectivity index (χ1) is 9.10. The van der Waals surface area contributed by atoms with Crippen molar-refractivity contribution < 1.29 is 10.0 Å². The average Bonchev–Trinajstić information content (AvgIpc) is 2.36. The summed E-state index contributed by atoms with van der Waals surface area (Å²) in [5.41, 5.74) is -0.166. The lowest BCUT2D eigenvalue weighted by molar-refractivity contribution is -0.383. The van der Waals surface area contributed by atoms with Gasteiger partial charge in [-0.2, -0.15) is 0 Å². The number of rotatable bonds is 8. The molecule has 0 saturated carbocycles. The topological polar surface area (TPSA) is 113 Å². The monoisotopic (exact) mass is 269 g/mol. The van der Waals surface area contributed by atoms with Crippen molar-refractivity contribution in [1.29, 1.82) is 0 Å². The highest BCUT2D eigenvalue weighted by atomic mass is 16.6. The van der Waals surface area contributed by atoms with E-state index in [4.69, 9.17) is 5.11 Å². The minimum absolute atomic E-state index is 0.00793. The second kappa shape index (κ2) is 7.47.